The molecule has 2 aliphatic heterocycles. The van der Waals surface area contributed by atoms with Crippen molar-refractivity contribution in [2.45, 2.75) is 0 Å². The second-order valence-electron chi connectivity index (χ2n) is 8.54. The lowest BCUT2D eigenvalue weighted by Crippen LogP contribution is -2.59. The molecule has 0 aromatic heterocycles. The summed E-state index contributed by atoms with van der Waals surface area (Å²) in [6.07, 6.45) is 0. The lowest BCUT2D eigenvalue weighted by Gasteiger charge is -2.40. The summed E-state index contributed by atoms with van der Waals surface area (Å²) < 4.78 is 200. The minimum absolute atomic E-state index is 0.0393. The van der Waals surface area contributed by atoms with Crippen molar-refractivity contribution in [1.82, 2.24) is 0 Å². The number of hydrogen-bond acceptors (Lipinski definition) is 3. The van der Waals surface area contributed by atoms with Crippen LogP contribution < -0.4 is 30.9 Å². The summed E-state index contributed by atoms with van der Waals surface area (Å²) in [5.41, 5.74) is -4.62. The molecule has 8 rings (SSSR count). The van der Waals surface area contributed by atoms with Crippen LogP contribution in [0.1, 0.15) is 30.2 Å². The van der Waals surface area contributed by atoms with Crippen molar-refractivity contribution < 1.29 is 34.9 Å². The molecule has 0 saturated carbocycles. The highest BCUT2D eigenvalue weighted by Crippen LogP contribution is 2.43. The maximum absolute atomic E-state index is 10.0. The molecule has 2 aliphatic rings. The van der Waals surface area contributed by atoms with Crippen LogP contribution >= 0.6 is 0 Å². The van der Waals surface area contributed by atoms with E-state index in [0.717, 1.165) is 4.90 Å². The van der Waals surface area contributed by atoms with E-state index in [-0.39, 0.29) is 28.1 Å². The Morgan fingerprint density at radius 3 is 1.95 bits per heavy atom. The maximum atomic E-state index is 10.0. The SMILES string of the molecule is [2H]c1c([2H])c([2H])c(N2c3cccc4c3B(c3c([2H])c([2H])c([2H])c([2H])c3O4)c3c([2H])c([2H])c(N(c4c([2H])c([2H])c([2H])c([2H])c4[2H])c4c([2H])c([2H])c([2H])c([2H])c4[2H])c([2H])c32)c([2H])c1[2H]. The standard InChI is InChI=1S/C36H25BN2O/c1-4-13-26(14-5-1)38(27-15-6-2-7-16-27)29-23-24-30-33(25-29)39(28-17-8-3-9-18-28)32-20-12-22-35-36(32)37(30)31-19-10-11-21-34(31)40-35/h1-25H/i1D,2D,3D,4D,5D,6D,7D,8D,9D,10D,11D,13D,14D,15D,16D,17D,18D,19D,21D,23D,24D,25D. The molecule has 0 atom stereocenters. The van der Waals surface area contributed by atoms with Crippen LogP contribution in [0.25, 0.3) is 0 Å². The van der Waals surface area contributed by atoms with Crippen LogP contribution in [0.2, 0.25) is 0 Å². The van der Waals surface area contributed by atoms with E-state index in [9.17, 15) is 4.11 Å². The summed E-state index contributed by atoms with van der Waals surface area (Å²) in [6.45, 7) is -1.51. The zero-order valence-electron chi connectivity index (χ0n) is 42.1. The van der Waals surface area contributed by atoms with Crippen LogP contribution in [0.5, 0.6) is 11.5 Å². The van der Waals surface area contributed by atoms with Gasteiger partial charge in [0.05, 0.1) is 30.2 Å². The van der Waals surface area contributed by atoms with Gasteiger partial charge >= 0.3 is 0 Å². The molecule has 4 heteroatoms. The molecule has 0 radical (unpaired) electrons. The molecule has 0 amide bonds. The molecule has 6 aromatic carbocycles. The van der Waals surface area contributed by atoms with E-state index in [4.69, 9.17) is 30.8 Å². The fourth-order valence-electron chi connectivity index (χ4n) is 4.89. The molecule has 0 saturated heterocycles. The first-order valence-electron chi connectivity index (χ1n) is 22.9. The lowest BCUT2D eigenvalue weighted by atomic mass is 9.34. The molecule has 40 heavy (non-hydrogen) atoms. The summed E-state index contributed by atoms with van der Waals surface area (Å²) in [7, 11) is 0. The van der Waals surface area contributed by atoms with Gasteiger partial charge in [0.2, 0.25) is 0 Å². The summed E-state index contributed by atoms with van der Waals surface area (Å²) >= 11 is 0. The second kappa shape index (κ2) is 9.21. The van der Waals surface area contributed by atoms with E-state index in [1.54, 1.807) is 0 Å². The van der Waals surface area contributed by atoms with Crippen molar-refractivity contribution in [3.63, 3.8) is 0 Å². The van der Waals surface area contributed by atoms with Crippen LogP contribution in [-0.4, -0.2) is 6.71 Å². The third kappa shape index (κ3) is 3.54. The van der Waals surface area contributed by atoms with Crippen molar-refractivity contribution >= 4 is 57.2 Å². The molecule has 0 fully saturated rings. The predicted molar refractivity (Wildman–Crippen MR) is 167 cm³/mol. The Morgan fingerprint density at radius 1 is 0.575 bits per heavy atom. The lowest BCUT2D eigenvalue weighted by molar-refractivity contribution is 0.487. The van der Waals surface area contributed by atoms with Gasteiger partial charge < -0.3 is 14.5 Å². The van der Waals surface area contributed by atoms with Gasteiger partial charge in [0.1, 0.15) is 11.5 Å². The Hall–Kier alpha value is -5.22. The van der Waals surface area contributed by atoms with Crippen molar-refractivity contribution in [2.75, 3.05) is 9.80 Å². The summed E-state index contributed by atoms with van der Waals surface area (Å²) in [5.74, 6) is -0.441. The molecule has 0 bridgehead atoms. The molecule has 6 aromatic rings. The first-order chi connectivity index (χ1) is 29.0. The molecule has 0 aliphatic carbocycles. The number of hydrogen-bond donors (Lipinski definition) is 0. The Labute approximate surface area is 265 Å². The van der Waals surface area contributed by atoms with Crippen molar-refractivity contribution in [3.8, 4) is 11.5 Å². The third-order valence-corrected chi connectivity index (χ3v) is 6.43. The largest absolute Gasteiger partial charge is 0.458 e. The van der Waals surface area contributed by atoms with Crippen LogP contribution in [0.4, 0.5) is 34.1 Å². The Morgan fingerprint density at radius 2 is 1.23 bits per heavy atom. The van der Waals surface area contributed by atoms with E-state index < -0.39 is 174 Å². The zero-order chi connectivity index (χ0) is 45.6. The van der Waals surface area contributed by atoms with Gasteiger partial charge in [0, 0.05) is 34.1 Å². The fraction of sp³-hybridized carbons (Fsp3) is 0. The fourth-order valence-corrected chi connectivity index (χ4v) is 4.89. The summed E-state index contributed by atoms with van der Waals surface area (Å²) in [5, 5.41) is 0. The van der Waals surface area contributed by atoms with E-state index >= 15 is 0 Å². The summed E-state index contributed by atoms with van der Waals surface area (Å²) in [6, 6.07) is -15.1. The second-order valence-corrected chi connectivity index (χ2v) is 8.54. The van der Waals surface area contributed by atoms with Crippen LogP contribution in [0.15, 0.2) is 151 Å². The zero-order valence-corrected chi connectivity index (χ0v) is 20.1. The van der Waals surface area contributed by atoms with Gasteiger partial charge in [-0.3, -0.25) is 0 Å². The number of rotatable bonds is 4. The van der Waals surface area contributed by atoms with Gasteiger partial charge in [-0.15, -0.1) is 0 Å². The van der Waals surface area contributed by atoms with Gasteiger partial charge in [-0.2, -0.15) is 0 Å². The highest BCUT2D eigenvalue weighted by Gasteiger charge is 2.41. The van der Waals surface area contributed by atoms with E-state index in [2.05, 4.69) is 0 Å². The molecule has 0 N–H and O–H groups in total. The van der Waals surface area contributed by atoms with Gasteiger partial charge in [-0.25, -0.2) is 0 Å². The average molecular weight is 535 g/mol. The maximum Gasteiger partial charge on any atom is 0.256 e. The Kier molecular flexibility index (Phi) is 2.25. The predicted octanol–water partition coefficient (Wildman–Crippen LogP) is 7.56. The average Bonchev–Trinajstić information content (AvgIpc) is 3.25. The molecule has 3 nitrogen and oxygen atoms in total. The van der Waals surface area contributed by atoms with Crippen molar-refractivity contribution in [3.05, 3.63) is 151 Å². The molecule has 0 spiro atoms. The van der Waals surface area contributed by atoms with Crippen LogP contribution in [0, 0.1) is 0 Å². The Balaban J connectivity index is 1.64. The molecular formula is C36H25BN2O. The molecule has 188 valence electrons. The number of nitrogens with zero attached hydrogens (tertiary/aromatic N) is 2. The number of ether oxygens (including phenoxy) is 1. The van der Waals surface area contributed by atoms with E-state index in [0.29, 0.717) is 4.90 Å². The van der Waals surface area contributed by atoms with Crippen molar-refractivity contribution in [2.24, 2.45) is 0 Å². The van der Waals surface area contributed by atoms with Crippen molar-refractivity contribution in [1.29, 1.82) is 0 Å². The van der Waals surface area contributed by atoms with Gasteiger partial charge in [-0.1, -0.05) is 84.6 Å². The minimum Gasteiger partial charge on any atom is -0.458 e. The van der Waals surface area contributed by atoms with Crippen LogP contribution in [-0.2, 0) is 0 Å². The van der Waals surface area contributed by atoms with Crippen LogP contribution in [0.3, 0.4) is 0 Å². The molecule has 0 unspecified atom stereocenters. The van der Waals surface area contributed by atoms with E-state index in [1.807, 2.05) is 0 Å². The Bertz CT molecular complexity index is 2910. The third-order valence-electron chi connectivity index (χ3n) is 6.43. The monoisotopic (exact) mass is 534 g/mol. The number of benzene rings is 6. The first-order valence-corrected chi connectivity index (χ1v) is 11.9. The normalized spacial score (nSPS) is 20.3. The molecular weight excluding hydrogens is 487 g/mol. The number of fused-ring (bicyclic) bond motifs is 4. The quantitative estimate of drug-likeness (QED) is 0.217. The van der Waals surface area contributed by atoms with Gasteiger partial charge in [0.15, 0.2) is 0 Å². The number of para-hydroxylation sites is 4. The first kappa shape index (κ1) is 9.76. The number of anilines is 6. The van der Waals surface area contributed by atoms with Gasteiger partial charge in [-0.05, 0) is 82.9 Å². The van der Waals surface area contributed by atoms with E-state index in [1.165, 1.54) is 18.2 Å². The smallest absolute Gasteiger partial charge is 0.256 e. The minimum atomic E-state index is -1.51. The molecule has 2 heterocycles. The van der Waals surface area contributed by atoms with Gasteiger partial charge in [0.25, 0.3) is 6.71 Å². The highest BCUT2D eigenvalue weighted by molar-refractivity contribution is 6.99. The highest BCUT2D eigenvalue weighted by atomic mass is 16.5. The summed E-state index contributed by atoms with van der Waals surface area (Å²) in [4.78, 5) is 1.51. The topological polar surface area (TPSA) is 15.7 Å².